The first-order chi connectivity index (χ1) is 8.11. The van der Waals surface area contributed by atoms with Gasteiger partial charge in [0.25, 0.3) is 6.43 Å². The zero-order valence-electron chi connectivity index (χ0n) is 8.13. The molecule has 0 aliphatic rings. The van der Waals surface area contributed by atoms with E-state index in [2.05, 4.69) is 9.72 Å². The van der Waals surface area contributed by atoms with Crippen molar-refractivity contribution in [2.45, 2.75) is 12.8 Å². The van der Waals surface area contributed by atoms with Crippen LogP contribution in [-0.2, 0) is 0 Å². The summed E-state index contributed by atoms with van der Waals surface area (Å²) in [7, 11) is 0. The molecule has 0 aliphatic heterocycles. The summed E-state index contributed by atoms with van der Waals surface area (Å²) < 4.78 is 63.8. The molecule has 0 amide bonds. The summed E-state index contributed by atoms with van der Waals surface area (Å²) in [4.78, 5) is 13.6. The van der Waals surface area contributed by atoms with Crippen molar-refractivity contribution in [1.82, 2.24) is 4.98 Å². The molecule has 18 heavy (non-hydrogen) atoms. The van der Waals surface area contributed by atoms with Crippen molar-refractivity contribution in [2.24, 2.45) is 0 Å². The first-order valence-corrected chi connectivity index (χ1v) is 5.17. The third-order valence-corrected chi connectivity index (χ3v) is 2.52. The molecule has 1 aromatic heterocycles. The predicted molar refractivity (Wildman–Crippen MR) is 55.6 cm³/mol. The van der Waals surface area contributed by atoms with E-state index < -0.39 is 35.9 Å². The summed E-state index contributed by atoms with van der Waals surface area (Å²) in [5.74, 6) is -2.97. The molecule has 4 nitrogen and oxygen atoms in total. The van der Waals surface area contributed by atoms with Gasteiger partial charge in [-0.05, 0) is 22.6 Å². The minimum atomic E-state index is -5.09. The maximum atomic E-state index is 12.5. The fourth-order valence-electron chi connectivity index (χ4n) is 1.04. The lowest BCUT2D eigenvalue weighted by Crippen LogP contribution is -2.19. The van der Waals surface area contributed by atoms with Crippen LogP contribution >= 0.6 is 22.6 Å². The second kappa shape index (κ2) is 5.20. The number of aromatic carboxylic acids is 1. The molecule has 0 atom stereocenters. The first-order valence-electron chi connectivity index (χ1n) is 4.09. The van der Waals surface area contributed by atoms with E-state index in [1.807, 2.05) is 0 Å². The third kappa shape index (κ3) is 3.65. The summed E-state index contributed by atoms with van der Waals surface area (Å²) in [5, 5.41) is 8.63. The zero-order valence-corrected chi connectivity index (χ0v) is 10.3. The number of ether oxygens (including phenoxy) is 1. The highest BCUT2D eigenvalue weighted by Crippen LogP contribution is 2.31. The van der Waals surface area contributed by atoms with Crippen LogP contribution in [-0.4, -0.2) is 22.4 Å². The van der Waals surface area contributed by atoms with Gasteiger partial charge in [0.2, 0.25) is 5.88 Å². The molecule has 10 heteroatoms. The van der Waals surface area contributed by atoms with Crippen LogP contribution in [0.25, 0.3) is 0 Å². The van der Waals surface area contributed by atoms with Crippen LogP contribution < -0.4 is 4.74 Å². The molecule has 0 spiro atoms. The molecular weight excluding hydrogens is 380 g/mol. The van der Waals surface area contributed by atoms with Gasteiger partial charge in [-0.3, -0.25) is 0 Å². The Kier molecular flexibility index (Phi) is 4.29. The van der Waals surface area contributed by atoms with Crippen LogP contribution in [0.5, 0.6) is 5.88 Å². The number of alkyl halides is 5. The van der Waals surface area contributed by atoms with Gasteiger partial charge in [-0.1, -0.05) is 0 Å². The number of carboxylic acid groups (broad SMARTS) is 1. The highest BCUT2D eigenvalue weighted by molar-refractivity contribution is 14.1. The fraction of sp³-hybridized carbons (Fsp3) is 0.250. The van der Waals surface area contributed by atoms with Gasteiger partial charge in [0.15, 0.2) is 5.69 Å². The van der Waals surface area contributed by atoms with Crippen LogP contribution in [0.15, 0.2) is 6.07 Å². The molecule has 1 heterocycles. The van der Waals surface area contributed by atoms with Crippen LogP contribution in [0, 0.1) is 3.57 Å². The molecule has 0 aromatic carbocycles. The number of carbonyl (C=O) groups is 1. The number of rotatable bonds is 3. The molecule has 0 fully saturated rings. The van der Waals surface area contributed by atoms with E-state index in [4.69, 9.17) is 5.11 Å². The fourth-order valence-corrected chi connectivity index (χ4v) is 1.80. The molecule has 0 saturated heterocycles. The van der Waals surface area contributed by atoms with Crippen molar-refractivity contribution in [3.63, 3.8) is 0 Å². The van der Waals surface area contributed by atoms with Gasteiger partial charge < -0.3 is 9.84 Å². The molecule has 1 rings (SSSR count). The number of aromatic nitrogens is 1. The molecule has 1 N–H and O–H groups in total. The van der Waals surface area contributed by atoms with E-state index in [9.17, 15) is 26.7 Å². The van der Waals surface area contributed by atoms with Crippen molar-refractivity contribution >= 4 is 28.6 Å². The van der Waals surface area contributed by atoms with Crippen LogP contribution in [0.4, 0.5) is 22.0 Å². The largest absolute Gasteiger partial charge is 0.574 e. The summed E-state index contributed by atoms with van der Waals surface area (Å²) in [6.07, 6.45) is -8.26. The SMILES string of the molecule is O=C(O)c1nc(OC(F)(F)F)cc(I)c1C(F)F. The summed E-state index contributed by atoms with van der Waals surface area (Å²) in [5.41, 5.74) is -2.12. The van der Waals surface area contributed by atoms with Gasteiger partial charge >= 0.3 is 12.3 Å². The Balaban J connectivity index is 3.32. The Morgan fingerprint density at radius 3 is 2.39 bits per heavy atom. The number of carboxylic acids is 1. The van der Waals surface area contributed by atoms with Crippen molar-refractivity contribution in [2.75, 3.05) is 0 Å². The van der Waals surface area contributed by atoms with Gasteiger partial charge in [0.05, 0.1) is 5.56 Å². The lowest BCUT2D eigenvalue weighted by molar-refractivity contribution is -0.276. The summed E-state index contributed by atoms with van der Waals surface area (Å²) >= 11 is 1.28. The van der Waals surface area contributed by atoms with Crippen molar-refractivity contribution in [3.05, 3.63) is 20.9 Å². The van der Waals surface area contributed by atoms with Gasteiger partial charge in [-0.15, -0.1) is 13.2 Å². The Bertz CT molecular complexity index is 477. The number of hydrogen-bond acceptors (Lipinski definition) is 3. The Labute approximate surface area is 110 Å². The molecule has 0 radical (unpaired) electrons. The van der Waals surface area contributed by atoms with E-state index >= 15 is 0 Å². The molecule has 100 valence electrons. The lowest BCUT2D eigenvalue weighted by atomic mass is 10.2. The average molecular weight is 383 g/mol. The van der Waals surface area contributed by atoms with E-state index in [1.54, 1.807) is 0 Å². The predicted octanol–water partition coefficient (Wildman–Crippen LogP) is 3.22. The molecule has 0 saturated carbocycles. The quantitative estimate of drug-likeness (QED) is 0.644. The molecule has 1 aromatic rings. The number of nitrogens with zero attached hydrogens (tertiary/aromatic N) is 1. The Morgan fingerprint density at radius 2 is 2.00 bits per heavy atom. The summed E-state index contributed by atoms with van der Waals surface area (Å²) in [6.45, 7) is 0. The zero-order chi connectivity index (χ0) is 14.1. The minimum Gasteiger partial charge on any atom is -0.476 e. The minimum absolute atomic E-state index is 0.380. The first kappa shape index (κ1) is 14.9. The van der Waals surface area contributed by atoms with Gasteiger partial charge in [0.1, 0.15) is 0 Å². The molecular formula is C8H3F5INO3. The topological polar surface area (TPSA) is 59.4 Å². The second-order valence-electron chi connectivity index (χ2n) is 2.86. The number of pyridine rings is 1. The van der Waals surface area contributed by atoms with Gasteiger partial charge in [0, 0.05) is 9.64 Å². The summed E-state index contributed by atoms with van der Waals surface area (Å²) in [6, 6.07) is 0.585. The second-order valence-corrected chi connectivity index (χ2v) is 4.02. The lowest BCUT2D eigenvalue weighted by Gasteiger charge is -2.12. The highest BCUT2D eigenvalue weighted by Gasteiger charge is 2.33. The third-order valence-electron chi connectivity index (χ3n) is 1.63. The van der Waals surface area contributed by atoms with Gasteiger partial charge in [-0.2, -0.15) is 0 Å². The van der Waals surface area contributed by atoms with Crippen molar-refractivity contribution in [3.8, 4) is 5.88 Å². The Morgan fingerprint density at radius 1 is 1.44 bits per heavy atom. The Hall–Kier alpha value is -1.20. The van der Waals surface area contributed by atoms with E-state index in [-0.39, 0.29) is 3.57 Å². The maximum Gasteiger partial charge on any atom is 0.574 e. The normalized spacial score (nSPS) is 11.7. The molecule has 0 aliphatic carbocycles. The smallest absolute Gasteiger partial charge is 0.476 e. The van der Waals surface area contributed by atoms with E-state index in [0.29, 0.717) is 6.07 Å². The standard InChI is InChI=1S/C8H3F5INO3/c9-6(10)4-2(14)1-3(18-8(11,12)13)15-5(4)7(16)17/h1,6H,(H,16,17). The van der Waals surface area contributed by atoms with E-state index in [1.165, 1.54) is 22.6 Å². The number of hydrogen-bond donors (Lipinski definition) is 1. The van der Waals surface area contributed by atoms with E-state index in [0.717, 1.165) is 0 Å². The monoisotopic (exact) mass is 383 g/mol. The average Bonchev–Trinajstić information content (AvgIpc) is 2.12. The maximum absolute atomic E-state index is 12.5. The highest BCUT2D eigenvalue weighted by atomic mass is 127. The van der Waals surface area contributed by atoms with Crippen molar-refractivity contribution < 1.29 is 36.6 Å². The molecule has 0 unspecified atom stereocenters. The van der Waals surface area contributed by atoms with Crippen molar-refractivity contribution in [1.29, 1.82) is 0 Å². The van der Waals surface area contributed by atoms with Gasteiger partial charge in [-0.25, -0.2) is 18.6 Å². The number of halogens is 6. The van der Waals surface area contributed by atoms with Crippen LogP contribution in [0.3, 0.4) is 0 Å². The molecule has 0 bridgehead atoms. The van der Waals surface area contributed by atoms with Crippen LogP contribution in [0.1, 0.15) is 22.5 Å². The van der Waals surface area contributed by atoms with Crippen LogP contribution in [0.2, 0.25) is 0 Å².